The second-order valence-electron chi connectivity index (χ2n) is 4.59. The number of carboxylic acids is 1. The predicted octanol–water partition coefficient (Wildman–Crippen LogP) is 1.25. The van der Waals surface area contributed by atoms with Gasteiger partial charge in [-0.25, -0.2) is 14.0 Å². The van der Waals surface area contributed by atoms with Crippen LogP contribution in [0.4, 0.5) is 14.9 Å². The number of carbonyl (C=O) groups excluding carboxylic acids is 2. The molecule has 1 aromatic carbocycles. The highest BCUT2D eigenvalue weighted by atomic mass is 19.1. The van der Waals surface area contributed by atoms with Gasteiger partial charge in [-0.2, -0.15) is 0 Å². The van der Waals surface area contributed by atoms with Gasteiger partial charge in [0.25, 0.3) is 0 Å². The van der Waals surface area contributed by atoms with Crippen molar-refractivity contribution in [3.8, 4) is 0 Å². The second kappa shape index (κ2) is 6.69. The molecule has 8 heteroatoms. The Balaban J connectivity index is 3.04. The molecule has 0 saturated carbocycles. The van der Waals surface area contributed by atoms with Crippen molar-refractivity contribution in [2.75, 3.05) is 11.9 Å². The van der Waals surface area contributed by atoms with Gasteiger partial charge in [-0.3, -0.25) is 4.79 Å². The fourth-order valence-electron chi connectivity index (χ4n) is 1.69. The van der Waals surface area contributed by atoms with Crippen LogP contribution in [0, 0.1) is 5.82 Å². The number of nitrogens with one attached hydrogen (secondary N) is 1. The van der Waals surface area contributed by atoms with Crippen molar-refractivity contribution in [3.63, 3.8) is 0 Å². The third-order valence-corrected chi connectivity index (χ3v) is 2.68. The van der Waals surface area contributed by atoms with E-state index in [1.54, 1.807) is 13.8 Å². The molecule has 7 nitrogen and oxygen atoms in total. The molecule has 0 aromatic heterocycles. The van der Waals surface area contributed by atoms with Gasteiger partial charge < -0.3 is 21.1 Å². The minimum Gasteiger partial charge on any atom is -0.478 e. The first-order valence-corrected chi connectivity index (χ1v) is 6.11. The minimum atomic E-state index is -1.51. The summed E-state index contributed by atoms with van der Waals surface area (Å²) in [4.78, 5) is 35.2. The molecular weight excluding hydrogens is 281 g/mol. The van der Waals surface area contributed by atoms with E-state index < -0.39 is 29.3 Å². The maximum Gasteiger partial charge on any atom is 0.340 e. The van der Waals surface area contributed by atoms with Gasteiger partial charge in [0.1, 0.15) is 17.9 Å². The first-order valence-electron chi connectivity index (χ1n) is 6.11. The number of amides is 3. The van der Waals surface area contributed by atoms with Crippen LogP contribution >= 0.6 is 0 Å². The highest BCUT2D eigenvalue weighted by molar-refractivity contribution is 6.00. The Morgan fingerprint density at radius 3 is 2.48 bits per heavy atom. The van der Waals surface area contributed by atoms with Crippen molar-refractivity contribution < 1.29 is 23.9 Å². The van der Waals surface area contributed by atoms with Crippen LogP contribution < -0.4 is 11.1 Å². The second-order valence-corrected chi connectivity index (χ2v) is 4.59. The summed E-state index contributed by atoms with van der Waals surface area (Å²) in [7, 11) is 0. The molecule has 0 aliphatic heterocycles. The summed E-state index contributed by atoms with van der Waals surface area (Å²) in [5.41, 5.74) is 4.21. The number of anilines is 1. The lowest BCUT2D eigenvalue weighted by atomic mass is 10.1. The zero-order valence-corrected chi connectivity index (χ0v) is 11.6. The van der Waals surface area contributed by atoms with Crippen LogP contribution in [-0.4, -0.2) is 40.5 Å². The highest BCUT2D eigenvalue weighted by Crippen LogP contribution is 2.19. The van der Waals surface area contributed by atoms with Crippen molar-refractivity contribution in [2.45, 2.75) is 19.9 Å². The molecule has 1 rings (SSSR count). The van der Waals surface area contributed by atoms with Crippen LogP contribution in [0.2, 0.25) is 0 Å². The molecule has 0 spiro atoms. The number of carbonyl (C=O) groups is 3. The van der Waals surface area contributed by atoms with Gasteiger partial charge in [0.2, 0.25) is 5.91 Å². The Morgan fingerprint density at radius 1 is 1.38 bits per heavy atom. The van der Waals surface area contributed by atoms with Crippen molar-refractivity contribution in [1.29, 1.82) is 0 Å². The van der Waals surface area contributed by atoms with E-state index >= 15 is 0 Å². The Labute approximate surface area is 120 Å². The minimum absolute atomic E-state index is 0.192. The number of nitrogens with two attached hydrogens (primary N) is 1. The summed E-state index contributed by atoms with van der Waals surface area (Å²) < 4.78 is 13.5. The molecule has 0 radical (unpaired) electrons. The van der Waals surface area contributed by atoms with E-state index in [9.17, 15) is 18.8 Å². The third kappa shape index (κ3) is 4.16. The van der Waals surface area contributed by atoms with Gasteiger partial charge in [-0.05, 0) is 26.0 Å². The maximum absolute atomic E-state index is 13.5. The normalized spacial score (nSPS) is 10.3. The van der Waals surface area contributed by atoms with E-state index in [1.807, 2.05) is 0 Å². The number of nitrogens with zero attached hydrogens (tertiary/aromatic N) is 1. The lowest BCUT2D eigenvalue weighted by Gasteiger charge is -2.25. The third-order valence-electron chi connectivity index (χ3n) is 2.68. The van der Waals surface area contributed by atoms with Gasteiger partial charge in [0.05, 0.1) is 5.69 Å². The number of benzene rings is 1. The molecule has 114 valence electrons. The number of carboxylic acid groups (broad SMARTS) is 1. The topological polar surface area (TPSA) is 113 Å². The van der Waals surface area contributed by atoms with Crippen LogP contribution in [0.3, 0.4) is 0 Å². The average molecular weight is 297 g/mol. The predicted molar refractivity (Wildman–Crippen MR) is 73.4 cm³/mol. The van der Waals surface area contributed by atoms with Crippen LogP contribution in [0.15, 0.2) is 18.2 Å². The summed E-state index contributed by atoms with van der Waals surface area (Å²) >= 11 is 0. The number of primary amides is 1. The van der Waals surface area contributed by atoms with Crippen molar-refractivity contribution in [3.05, 3.63) is 29.6 Å². The molecule has 0 unspecified atom stereocenters. The van der Waals surface area contributed by atoms with Gasteiger partial charge >= 0.3 is 12.0 Å². The van der Waals surface area contributed by atoms with E-state index in [1.165, 1.54) is 12.1 Å². The van der Waals surface area contributed by atoms with E-state index in [0.717, 1.165) is 11.0 Å². The SMILES string of the molecule is CC(C)N(CC(N)=O)C(=O)Nc1cccc(F)c1C(=O)O. The van der Waals surface area contributed by atoms with Crippen molar-refractivity contribution in [1.82, 2.24) is 4.90 Å². The van der Waals surface area contributed by atoms with Crippen LogP contribution in [-0.2, 0) is 4.79 Å². The fourth-order valence-corrected chi connectivity index (χ4v) is 1.69. The highest BCUT2D eigenvalue weighted by Gasteiger charge is 2.22. The van der Waals surface area contributed by atoms with Crippen molar-refractivity contribution >= 4 is 23.6 Å². The Hall–Kier alpha value is -2.64. The van der Waals surface area contributed by atoms with Gasteiger partial charge in [0.15, 0.2) is 0 Å². The first kappa shape index (κ1) is 16.4. The number of aromatic carboxylic acids is 1. The summed E-state index contributed by atoms with van der Waals surface area (Å²) in [5.74, 6) is -3.18. The molecule has 3 amide bonds. The number of halogens is 1. The molecule has 0 atom stereocenters. The number of rotatable bonds is 5. The number of hydrogen-bond donors (Lipinski definition) is 3. The molecule has 21 heavy (non-hydrogen) atoms. The smallest absolute Gasteiger partial charge is 0.340 e. The molecule has 4 N–H and O–H groups in total. The fraction of sp³-hybridized carbons (Fsp3) is 0.308. The van der Waals surface area contributed by atoms with Gasteiger partial charge in [-0.1, -0.05) is 6.07 Å². The molecule has 0 saturated heterocycles. The molecule has 0 heterocycles. The standard InChI is InChI=1S/C13H16FN3O4/c1-7(2)17(6-10(15)18)13(21)16-9-5-3-4-8(14)11(9)12(19)20/h3-5,7H,6H2,1-2H3,(H2,15,18)(H,16,21)(H,19,20). The first-order chi connectivity index (χ1) is 9.73. The Kier molecular flexibility index (Phi) is 5.23. The lowest BCUT2D eigenvalue weighted by Crippen LogP contribution is -2.45. The van der Waals surface area contributed by atoms with Gasteiger partial charge in [-0.15, -0.1) is 0 Å². The number of urea groups is 1. The largest absolute Gasteiger partial charge is 0.478 e. The molecule has 0 bridgehead atoms. The summed E-state index contributed by atoms with van der Waals surface area (Å²) in [5, 5.41) is 11.3. The Morgan fingerprint density at radius 2 is 2.00 bits per heavy atom. The summed E-state index contributed by atoms with van der Waals surface area (Å²) in [6.07, 6.45) is 0. The molecule has 0 fully saturated rings. The quantitative estimate of drug-likeness (QED) is 0.759. The molecular formula is C13H16FN3O4. The zero-order chi connectivity index (χ0) is 16.2. The Bertz CT molecular complexity index is 575. The molecule has 0 aliphatic carbocycles. The van der Waals surface area contributed by atoms with Crippen LogP contribution in [0.1, 0.15) is 24.2 Å². The van der Waals surface area contributed by atoms with E-state index in [4.69, 9.17) is 10.8 Å². The zero-order valence-electron chi connectivity index (χ0n) is 11.6. The summed E-state index contributed by atoms with van der Waals surface area (Å²) in [6, 6.07) is 2.41. The van der Waals surface area contributed by atoms with E-state index in [0.29, 0.717) is 0 Å². The monoisotopic (exact) mass is 297 g/mol. The van der Waals surface area contributed by atoms with Crippen molar-refractivity contribution in [2.24, 2.45) is 5.73 Å². The number of hydrogen-bond acceptors (Lipinski definition) is 3. The van der Waals surface area contributed by atoms with E-state index in [2.05, 4.69) is 5.32 Å². The van der Waals surface area contributed by atoms with Crippen LogP contribution in [0.5, 0.6) is 0 Å². The maximum atomic E-state index is 13.5. The van der Waals surface area contributed by atoms with Gasteiger partial charge in [0, 0.05) is 6.04 Å². The van der Waals surface area contributed by atoms with E-state index in [-0.39, 0.29) is 18.3 Å². The average Bonchev–Trinajstić information content (AvgIpc) is 2.34. The lowest BCUT2D eigenvalue weighted by molar-refractivity contribution is -0.118. The van der Waals surface area contributed by atoms with Crippen LogP contribution in [0.25, 0.3) is 0 Å². The molecule has 0 aliphatic rings. The molecule has 1 aromatic rings. The summed E-state index contributed by atoms with van der Waals surface area (Å²) in [6.45, 7) is 2.99.